The number of carbonyl (C=O) groups excluding carboxylic acids is 1. The number of hydrogen-bond acceptors (Lipinski definition) is 4. The largest absolute Gasteiger partial charge is 0.381 e. The van der Waals surface area contributed by atoms with Gasteiger partial charge in [0.1, 0.15) is 0 Å². The van der Waals surface area contributed by atoms with Gasteiger partial charge < -0.3 is 20.3 Å². The molecule has 1 aromatic carbocycles. The first-order chi connectivity index (χ1) is 14.1. The lowest BCUT2D eigenvalue weighted by molar-refractivity contribution is 0.0506. The van der Waals surface area contributed by atoms with E-state index in [1.807, 2.05) is 30.2 Å². The first-order valence-corrected chi connectivity index (χ1v) is 10.6. The molecule has 1 unspecified atom stereocenters. The van der Waals surface area contributed by atoms with Crippen molar-refractivity contribution >= 4 is 11.7 Å². The number of rotatable bonds is 5. The number of nitrogens with zero attached hydrogens (tertiary/aromatic N) is 3. The monoisotopic (exact) mass is 397 g/mol. The molecule has 7 nitrogen and oxygen atoms in total. The van der Waals surface area contributed by atoms with Crippen molar-refractivity contribution in [3.05, 3.63) is 48.3 Å². The lowest BCUT2D eigenvalue weighted by atomic mass is 9.74. The van der Waals surface area contributed by atoms with Gasteiger partial charge in [-0.25, -0.2) is 4.79 Å². The predicted molar refractivity (Wildman–Crippen MR) is 113 cm³/mol. The van der Waals surface area contributed by atoms with Crippen LogP contribution in [0.5, 0.6) is 0 Å². The van der Waals surface area contributed by atoms with Crippen molar-refractivity contribution in [1.82, 2.24) is 20.4 Å². The second-order valence-corrected chi connectivity index (χ2v) is 8.24. The fourth-order valence-corrected chi connectivity index (χ4v) is 4.51. The van der Waals surface area contributed by atoms with E-state index in [0.29, 0.717) is 6.54 Å². The Kier molecular flexibility index (Phi) is 6.04. The molecule has 2 N–H and O–H groups in total. The highest BCUT2D eigenvalue weighted by molar-refractivity contribution is 5.74. The second-order valence-electron chi connectivity index (χ2n) is 8.24. The lowest BCUT2D eigenvalue weighted by Crippen LogP contribution is -2.53. The van der Waals surface area contributed by atoms with E-state index in [1.165, 1.54) is 5.56 Å². The highest BCUT2D eigenvalue weighted by Crippen LogP contribution is 2.34. The smallest absolute Gasteiger partial charge is 0.315 e. The standard InChI is InChI=1S/C22H31N5O2/c1-26-16-20(14-24-26)27-11-5-8-19(15-27)25-21(28)23-17-22(9-12-29-13-10-22)18-6-3-2-4-7-18/h2-4,6-7,14,16,19H,5,8-13,15,17H2,1H3,(H2,23,25,28). The average molecular weight is 398 g/mol. The van der Waals surface area contributed by atoms with Gasteiger partial charge in [0, 0.05) is 57.5 Å². The summed E-state index contributed by atoms with van der Waals surface area (Å²) in [5.74, 6) is 0. The SMILES string of the molecule is Cn1cc(N2CCCC(NC(=O)NCC3(c4ccccc4)CCOCC3)C2)cn1. The van der Waals surface area contributed by atoms with E-state index in [0.717, 1.165) is 57.7 Å². The number of urea groups is 1. The minimum absolute atomic E-state index is 0.0504. The van der Waals surface area contributed by atoms with Gasteiger partial charge in [-0.05, 0) is 31.2 Å². The van der Waals surface area contributed by atoms with E-state index >= 15 is 0 Å². The van der Waals surface area contributed by atoms with E-state index in [4.69, 9.17) is 4.74 Å². The summed E-state index contributed by atoms with van der Waals surface area (Å²) in [5, 5.41) is 10.6. The van der Waals surface area contributed by atoms with Crippen LogP contribution in [0.3, 0.4) is 0 Å². The summed E-state index contributed by atoms with van der Waals surface area (Å²) in [7, 11) is 1.93. The number of piperidine rings is 1. The van der Waals surface area contributed by atoms with Gasteiger partial charge in [0.15, 0.2) is 0 Å². The highest BCUT2D eigenvalue weighted by atomic mass is 16.5. The number of amides is 2. The Morgan fingerprint density at radius 3 is 2.79 bits per heavy atom. The zero-order valence-corrected chi connectivity index (χ0v) is 17.1. The van der Waals surface area contributed by atoms with Crippen LogP contribution < -0.4 is 15.5 Å². The van der Waals surface area contributed by atoms with Gasteiger partial charge >= 0.3 is 6.03 Å². The van der Waals surface area contributed by atoms with Crippen molar-refractivity contribution in [1.29, 1.82) is 0 Å². The van der Waals surface area contributed by atoms with E-state index in [-0.39, 0.29) is 17.5 Å². The number of aryl methyl sites for hydroxylation is 1. The summed E-state index contributed by atoms with van der Waals surface area (Å²) in [5.41, 5.74) is 2.35. The van der Waals surface area contributed by atoms with Gasteiger partial charge in [0.05, 0.1) is 11.9 Å². The highest BCUT2D eigenvalue weighted by Gasteiger charge is 2.35. The molecule has 4 rings (SSSR count). The van der Waals surface area contributed by atoms with E-state index in [9.17, 15) is 4.79 Å². The Labute approximate surface area is 172 Å². The van der Waals surface area contributed by atoms with Gasteiger partial charge in [-0.3, -0.25) is 4.68 Å². The topological polar surface area (TPSA) is 71.4 Å². The van der Waals surface area contributed by atoms with Crippen LogP contribution in [-0.2, 0) is 17.2 Å². The Balaban J connectivity index is 1.34. The number of aromatic nitrogens is 2. The average Bonchev–Trinajstić information content (AvgIpc) is 3.20. The minimum Gasteiger partial charge on any atom is -0.381 e. The van der Waals surface area contributed by atoms with Gasteiger partial charge in [0.2, 0.25) is 0 Å². The number of ether oxygens (including phenoxy) is 1. The lowest BCUT2D eigenvalue weighted by Gasteiger charge is -2.38. The van der Waals surface area contributed by atoms with Crippen molar-refractivity contribution in [2.45, 2.75) is 37.1 Å². The maximum Gasteiger partial charge on any atom is 0.315 e. The Hall–Kier alpha value is -2.54. The van der Waals surface area contributed by atoms with Crippen LogP contribution in [0.1, 0.15) is 31.2 Å². The first kappa shape index (κ1) is 19.8. The maximum atomic E-state index is 12.7. The molecule has 1 aromatic heterocycles. The fraction of sp³-hybridized carbons (Fsp3) is 0.545. The molecule has 2 saturated heterocycles. The molecular weight excluding hydrogens is 366 g/mol. The molecule has 3 heterocycles. The molecule has 29 heavy (non-hydrogen) atoms. The van der Waals surface area contributed by atoms with Crippen LogP contribution in [0.25, 0.3) is 0 Å². The summed E-state index contributed by atoms with van der Waals surface area (Å²) >= 11 is 0. The van der Waals surface area contributed by atoms with Gasteiger partial charge in [-0.1, -0.05) is 30.3 Å². The summed E-state index contributed by atoms with van der Waals surface area (Å²) in [6.07, 6.45) is 7.83. The van der Waals surface area contributed by atoms with Crippen molar-refractivity contribution in [2.75, 3.05) is 37.7 Å². The normalized spacial score (nSPS) is 21.6. The molecule has 0 spiro atoms. The number of carbonyl (C=O) groups is 1. The number of hydrogen-bond donors (Lipinski definition) is 2. The molecule has 2 aromatic rings. The Bertz CT molecular complexity index is 801. The van der Waals surface area contributed by atoms with Crippen molar-refractivity contribution in [2.24, 2.45) is 7.05 Å². The van der Waals surface area contributed by atoms with Crippen molar-refractivity contribution in [3.63, 3.8) is 0 Å². The number of nitrogens with one attached hydrogen (secondary N) is 2. The Morgan fingerprint density at radius 1 is 1.28 bits per heavy atom. The minimum atomic E-state index is -0.0789. The van der Waals surface area contributed by atoms with E-state index < -0.39 is 0 Å². The van der Waals surface area contributed by atoms with Crippen molar-refractivity contribution in [3.8, 4) is 0 Å². The number of benzene rings is 1. The molecule has 0 aliphatic carbocycles. The molecule has 156 valence electrons. The molecule has 0 saturated carbocycles. The molecule has 2 aliphatic rings. The van der Waals surface area contributed by atoms with Gasteiger partial charge in [-0.2, -0.15) is 5.10 Å². The summed E-state index contributed by atoms with van der Waals surface area (Å²) in [6.45, 7) is 3.92. The molecule has 1 atom stereocenters. The van der Waals surface area contributed by atoms with Crippen LogP contribution in [0, 0.1) is 0 Å². The van der Waals surface area contributed by atoms with Crippen LogP contribution in [0.4, 0.5) is 10.5 Å². The third kappa shape index (κ3) is 4.72. The molecule has 2 amide bonds. The fourth-order valence-electron chi connectivity index (χ4n) is 4.51. The first-order valence-electron chi connectivity index (χ1n) is 10.6. The van der Waals surface area contributed by atoms with Gasteiger partial charge in [-0.15, -0.1) is 0 Å². The van der Waals surface area contributed by atoms with E-state index in [1.54, 1.807) is 0 Å². The number of anilines is 1. The van der Waals surface area contributed by atoms with Crippen LogP contribution in [0.2, 0.25) is 0 Å². The van der Waals surface area contributed by atoms with Crippen LogP contribution >= 0.6 is 0 Å². The molecular formula is C22H31N5O2. The van der Waals surface area contributed by atoms with Crippen LogP contribution in [0.15, 0.2) is 42.7 Å². The summed E-state index contributed by atoms with van der Waals surface area (Å²) < 4.78 is 7.40. The molecule has 7 heteroatoms. The van der Waals surface area contributed by atoms with Crippen LogP contribution in [-0.4, -0.2) is 54.7 Å². The zero-order chi connectivity index (χ0) is 20.1. The predicted octanol–water partition coefficient (Wildman–Crippen LogP) is 2.44. The quantitative estimate of drug-likeness (QED) is 0.813. The van der Waals surface area contributed by atoms with Gasteiger partial charge in [0.25, 0.3) is 0 Å². The third-order valence-corrected chi connectivity index (χ3v) is 6.24. The van der Waals surface area contributed by atoms with Crippen molar-refractivity contribution < 1.29 is 9.53 Å². The molecule has 0 bridgehead atoms. The molecule has 0 radical (unpaired) electrons. The molecule has 2 fully saturated rings. The maximum absolute atomic E-state index is 12.7. The summed E-state index contributed by atoms with van der Waals surface area (Å²) in [4.78, 5) is 15.0. The third-order valence-electron chi connectivity index (χ3n) is 6.24. The Morgan fingerprint density at radius 2 is 2.07 bits per heavy atom. The molecule has 2 aliphatic heterocycles. The summed E-state index contributed by atoms with van der Waals surface area (Å²) in [6, 6.07) is 10.6. The zero-order valence-electron chi connectivity index (χ0n) is 17.1. The van der Waals surface area contributed by atoms with E-state index in [2.05, 4.69) is 44.9 Å². The second kappa shape index (κ2) is 8.86.